The van der Waals surface area contributed by atoms with E-state index in [2.05, 4.69) is 61.6 Å². The third-order valence-electron chi connectivity index (χ3n) is 4.17. The molecule has 2 rings (SSSR count). The number of benzene rings is 2. The Kier molecular flexibility index (Phi) is 8.40. The van der Waals surface area contributed by atoms with Crippen molar-refractivity contribution < 1.29 is 4.74 Å². The van der Waals surface area contributed by atoms with Crippen LogP contribution in [0.15, 0.2) is 48.5 Å². The molecule has 0 aliphatic heterocycles. The van der Waals surface area contributed by atoms with Gasteiger partial charge in [0, 0.05) is 6.54 Å². The molecule has 0 radical (unpaired) electrons. The summed E-state index contributed by atoms with van der Waals surface area (Å²) < 4.78 is 5.93. The number of unbranched alkanes of at least 4 members (excludes halogenated alkanes) is 4. The number of hydrogen-bond donors (Lipinski definition) is 1. The van der Waals surface area contributed by atoms with Gasteiger partial charge >= 0.3 is 0 Å². The highest BCUT2D eigenvalue weighted by Crippen LogP contribution is 2.15. The quantitative estimate of drug-likeness (QED) is 0.540. The van der Waals surface area contributed by atoms with Crippen molar-refractivity contribution in [1.82, 2.24) is 5.32 Å². The van der Waals surface area contributed by atoms with Gasteiger partial charge in [-0.15, -0.1) is 0 Å². The summed E-state index contributed by atoms with van der Waals surface area (Å²) in [5.41, 5.74) is 3.77. The minimum atomic E-state index is 0.621. The number of rotatable bonds is 11. The van der Waals surface area contributed by atoms with Gasteiger partial charge in [-0.2, -0.15) is 0 Å². The molecule has 0 fully saturated rings. The number of nitrogens with one attached hydrogen (secondary N) is 1. The van der Waals surface area contributed by atoms with Crippen molar-refractivity contribution in [2.45, 2.75) is 59.1 Å². The molecule has 2 aromatic carbocycles. The molecular formula is C22H31NO. The van der Waals surface area contributed by atoms with Crippen molar-refractivity contribution >= 4 is 0 Å². The van der Waals surface area contributed by atoms with Crippen molar-refractivity contribution in [2.24, 2.45) is 0 Å². The van der Waals surface area contributed by atoms with Crippen LogP contribution in [0.5, 0.6) is 5.75 Å². The number of aryl methyl sites for hydroxylation is 1. The molecule has 0 unspecified atom stereocenters. The van der Waals surface area contributed by atoms with Crippen LogP contribution in [-0.4, -0.2) is 6.54 Å². The van der Waals surface area contributed by atoms with Gasteiger partial charge in [-0.1, -0.05) is 74.6 Å². The molecule has 0 aliphatic carbocycles. The summed E-state index contributed by atoms with van der Waals surface area (Å²) in [7, 11) is 0. The third-order valence-corrected chi connectivity index (χ3v) is 4.17. The van der Waals surface area contributed by atoms with E-state index >= 15 is 0 Å². The summed E-state index contributed by atoms with van der Waals surface area (Å²) in [6.07, 6.45) is 6.63. The number of hydrogen-bond acceptors (Lipinski definition) is 2. The zero-order chi connectivity index (χ0) is 17.0. The Hall–Kier alpha value is -1.80. The van der Waals surface area contributed by atoms with Crippen LogP contribution in [0, 0.1) is 6.92 Å². The first-order valence-corrected chi connectivity index (χ1v) is 9.26. The van der Waals surface area contributed by atoms with E-state index in [0.29, 0.717) is 6.61 Å². The molecule has 2 nitrogen and oxygen atoms in total. The highest BCUT2D eigenvalue weighted by Gasteiger charge is 1.99. The standard InChI is InChI=1S/C22H31NO/c1-3-4-5-6-7-14-23-17-20-11-9-13-22(16-20)24-18-21-12-8-10-19(2)15-21/h8-13,15-16,23H,3-7,14,17-18H2,1-2H3. The van der Waals surface area contributed by atoms with Gasteiger partial charge in [0.25, 0.3) is 0 Å². The maximum atomic E-state index is 5.93. The monoisotopic (exact) mass is 325 g/mol. The fraction of sp³-hybridized carbons (Fsp3) is 0.455. The number of ether oxygens (including phenoxy) is 1. The largest absolute Gasteiger partial charge is 0.489 e. The molecule has 0 amide bonds. The Balaban J connectivity index is 1.71. The maximum Gasteiger partial charge on any atom is 0.120 e. The molecule has 0 saturated carbocycles. The topological polar surface area (TPSA) is 21.3 Å². The molecule has 130 valence electrons. The Morgan fingerprint density at radius 1 is 0.875 bits per heavy atom. The first-order chi connectivity index (χ1) is 11.8. The van der Waals surface area contributed by atoms with Crippen molar-refractivity contribution in [2.75, 3.05) is 6.54 Å². The average molecular weight is 325 g/mol. The molecule has 24 heavy (non-hydrogen) atoms. The molecule has 0 heterocycles. The molecule has 0 aromatic heterocycles. The highest BCUT2D eigenvalue weighted by molar-refractivity contribution is 5.29. The molecule has 0 atom stereocenters. The van der Waals surface area contributed by atoms with Crippen LogP contribution in [0.2, 0.25) is 0 Å². The second-order valence-corrected chi connectivity index (χ2v) is 6.52. The highest BCUT2D eigenvalue weighted by atomic mass is 16.5. The van der Waals surface area contributed by atoms with Gasteiger partial charge in [0.1, 0.15) is 12.4 Å². The Bertz CT molecular complexity index is 594. The van der Waals surface area contributed by atoms with E-state index in [1.807, 2.05) is 6.07 Å². The van der Waals surface area contributed by atoms with Gasteiger partial charge in [0.15, 0.2) is 0 Å². The first-order valence-electron chi connectivity index (χ1n) is 9.26. The van der Waals surface area contributed by atoms with Crippen molar-refractivity contribution in [3.8, 4) is 5.75 Å². The van der Waals surface area contributed by atoms with E-state index in [9.17, 15) is 0 Å². The summed E-state index contributed by atoms with van der Waals surface area (Å²) in [5, 5.41) is 3.53. The van der Waals surface area contributed by atoms with Crippen LogP contribution in [0.1, 0.15) is 55.7 Å². The molecule has 0 saturated heterocycles. The Labute approximate surface area is 147 Å². The predicted molar refractivity (Wildman–Crippen MR) is 102 cm³/mol. The maximum absolute atomic E-state index is 5.93. The summed E-state index contributed by atoms with van der Waals surface area (Å²) in [4.78, 5) is 0. The zero-order valence-corrected chi connectivity index (χ0v) is 15.2. The van der Waals surface area contributed by atoms with E-state index in [-0.39, 0.29) is 0 Å². The van der Waals surface area contributed by atoms with Crippen LogP contribution in [0.3, 0.4) is 0 Å². The molecular weight excluding hydrogens is 294 g/mol. The normalized spacial score (nSPS) is 10.8. The molecule has 0 aliphatic rings. The van der Waals surface area contributed by atoms with Crippen LogP contribution < -0.4 is 10.1 Å². The van der Waals surface area contributed by atoms with E-state index in [4.69, 9.17) is 4.74 Å². The molecule has 2 aromatic rings. The fourth-order valence-electron chi connectivity index (χ4n) is 2.80. The van der Waals surface area contributed by atoms with Crippen LogP contribution in [-0.2, 0) is 13.2 Å². The zero-order valence-electron chi connectivity index (χ0n) is 15.2. The van der Waals surface area contributed by atoms with Gasteiger partial charge in [-0.3, -0.25) is 0 Å². The van der Waals surface area contributed by atoms with Gasteiger partial charge in [0.2, 0.25) is 0 Å². The van der Waals surface area contributed by atoms with Crippen LogP contribution in [0.4, 0.5) is 0 Å². The minimum absolute atomic E-state index is 0.621. The summed E-state index contributed by atoms with van der Waals surface area (Å²) in [5.74, 6) is 0.943. The molecule has 0 spiro atoms. The van der Waals surface area contributed by atoms with Crippen molar-refractivity contribution in [3.05, 3.63) is 65.2 Å². The minimum Gasteiger partial charge on any atom is -0.489 e. The molecule has 1 N–H and O–H groups in total. The lowest BCUT2D eigenvalue weighted by atomic mass is 10.1. The lowest BCUT2D eigenvalue weighted by Crippen LogP contribution is -2.14. The van der Waals surface area contributed by atoms with Gasteiger partial charge in [-0.05, 0) is 43.1 Å². The lowest BCUT2D eigenvalue weighted by Gasteiger charge is -2.09. The van der Waals surface area contributed by atoms with E-state index in [1.54, 1.807) is 0 Å². The SMILES string of the molecule is CCCCCCCNCc1cccc(OCc2cccc(C)c2)c1. The average Bonchev–Trinajstić information content (AvgIpc) is 2.60. The first kappa shape index (κ1) is 18.5. The second kappa shape index (κ2) is 10.9. The van der Waals surface area contributed by atoms with Gasteiger partial charge in [0.05, 0.1) is 0 Å². The van der Waals surface area contributed by atoms with Gasteiger partial charge in [-0.25, -0.2) is 0 Å². The van der Waals surface area contributed by atoms with Crippen molar-refractivity contribution in [1.29, 1.82) is 0 Å². The Morgan fingerprint density at radius 2 is 1.67 bits per heavy atom. The van der Waals surface area contributed by atoms with E-state index < -0.39 is 0 Å². The summed E-state index contributed by atoms with van der Waals surface area (Å²) in [6.45, 7) is 6.99. The van der Waals surface area contributed by atoms with Crippen LogP contribution >= 0.6 is 0 Å². The van der Waals surface area contributed by atoms with Crippen LogP contribution in [0.25, 0.3) is 0 Å². The third kappa shape index (κ3) is 7.18. The van der Waals surface area contributed by atoms with Gasteiger partial charge < -0.3 is 10.1 Å². The summed E-state index contributed by atoms with van der Waals surface area (Å²) in [6, 6.07) is 16.9. The van der Waals surface area contributed by atoms with Crippen molar-refractivity contribution in [3.63, 3.8) is 0 Å². The molecule has 2 heteroatoms. The smallest absolute Gasteiger partial charge is 0.120 e. The lowest BCUT2D eigenvalue weighted by molar-refractivity contribution is 0.306. The summed E-state index contributed by atoms with van der Waals surface area (Å²) >= 11 is 0. The fourth-order valence-corrected chi connectivity index (χ4v) is 2.80. The molecule has 0 bridgehead atoms. The second-order valence-electron chi connectivity index (χ2n) is 6.52. The predicted octanol–water partition coefficient (Wildman–Crippen LogP) is 5.63. The Morgan fingerprint density at radius 3 is 2.50 bits per heavy atom. The van der Waals surface area contributed by atoms with E-state index in [0.717, 1.165) is 18.8 Å². The van der Waals surface area contributed by atoms with E-state index in [1.165, 1.54) is 48.8 Å².